The molecule has 0 aliphatic carbocycles. The number of imidazole rings is 1. The van der Waals surface area contributed by atoms with E-state index in [4.69, 9.17) is 0 Å². The number of phenolic OH excluding ortho intramolecular Hbond substituents is 1. The summed E-state index contributed by atoms with van der Waals surface area (Å²) in [5, 5.41) is 26.7. The molecular formula is C23H34N6O2. The molecule has 0 aliphatic heterocycles. The number of aryl methyl sites for hydroxylation is 2. The van der Waals surface area contributed by atoms with Gasteiger partial charge in [0.15, 0.2) is 17.0 Å². The van der Waals surface area contributed by atoms with E-state index in [2.05, 4.69) is 37.1 Å². The number of hydrogen-bond acceptors (Lipinski definition) is 7. The molecule has 8 nitrogen and oxygen atoms in total. The molecule has 0 aliphatic rings. The molecule has 0 saturated heterocycles. The summed E-state index contributed by atoms with van der Waals surface area (Å²) < 4.78 is 2.06. The van der Waals surface area contributed by atoms with Gasteiger partial charge < -0.3 is 25.4 Å². The van der Waals surface area contributed by atoms with Crippen molar-refractivity contribution < 1.29 is 10.2 Å². The normalized spacial score (nSPS) is 11.8. The highest BCUT2D eigenvalue weighted by Crippen LogP contribution is 2.24. The Bertz CT molecular complexity index is 1010. The Morgan fingerprint density at radius 1 is 1.13 bits per heavy atom. The largest absolute Gasteiger partial charge is 0.508 e. The number of nitrogens with one attached hydrogen (secondary N) is 2. The first kappa shape index (κ1) is 22.8. The molecule has 4 N–H and O–H groups in total. The van der Waals surface area contributed by atoms with Crippen LogP contribution in [0, 0.1) is 6.92 Å². The van der Waals surface area contributed by atoms with Crippen LogP contribution in [0.2, 0.25) is 0 Å². The predicted molar refractivity (Wildman–Crippen MR) is 124 cm³/mol. The molecule has 0 unspecified atom stereocenters. The maximum absolute atomic E-state index is 10.2. The monoisotopic (exact) mass is 426 g/mol. The van der Waals surface area contributed by atoms with Gasteiger partial charge in [-0.2, -0.15) is 9.97 Å². The highest BCUT2D eigenvalue weighted by atomic mass is 16.3. The van der Waals surface area contributed by atoms with E-state index in [1.807, 2.05) is 25.4 Å². The minimum Gasteiger partial charge on any atom is -0.508 e. The fourth-order valence-electron chi connectivity index (χ4n) is 3.36. The number of aromatic nitrogens is 4. The number of unbranched alkanes of at least 4 members (excludes halogenated alkanes) is 2. The van der Waals surface area contributed by atoms with Gasteiger partial charge in [0.05, 0.1) is 11.9 Å². The summed E-state index contributed by atoms with van der Waals surface area (Å²) in [4.78, 5) is 13.9. The van der Waals surface area contributed by atoms with Crippen molar-refractivity contribution in [2.75, 3.05) is 17.2 Å². The number of rotatable bonds is 11. The van der Waals surface area contributed by atoms with Gasteiger partial charge >= 0.3 is 0 Å². The third-order valence-corrected chi connectivity index (χ3v) is 5.17. The third kappa shape index (κ3) is 6.30. The van der Waals surface area contributed by atoms with Crippen LogP contribution < -0.4 is 10.6 Å². The zero-order chi connectivity index (χ0) is 22.4. The van der Waals surface area contributed by atoms with Crippen LogP contribution in [0.5, 0.6) is 5.75 Å². The van der Waals surface area contributed by atoms with Crippen molar-refractivity contribution in [1.82, 2.24) is 19.5 Å². The van der Waals surface area contributed by atoms with Crippen molar-refractivity contribution in [2.45, 2.75) is 72.1 Å². The van der Waals surface area contributed by atoms with E-state index < -0.39 is 5.60 Å². The van der Waals surface area contributed by atoms with Crippen LogP contribution in [-0.4, -0.2) is 41.9 Å². The molecule has 0 fully saturated rings. The summed E-state index contributed by atoms with van der Waals surface area (Å²) in [5.74, 6) is 1.35. The van der Waals surface area contributed by atoms with Crippen LogP contribution in [-0.2, 0) is 13.1 Å². The zero-order valence-corrected chi connectivity index (χ0v) is 18.9. The van der Waals surface area contributed by atoms with E-state index in [1.165, 1.54) is 0 Å². The molecule has 0 bridgehead atoms. The fourth-order valence-corrected chi connectivity index (χ4v) is 3.36. The van der Waals surface area contributed by atoms with Crippen LogP contribution in [0.4, 0.5) is 11.8 Å². The Balaban J connectivity index is 1.86. The zero-order valence-electron chi connectivity index (χ0n) is 18.9. The van der Waals surface area contributed by atoms with E-state index in [0.29, 0.717) is 36.8 Å². The van der Waals surface area contributed by atoms with Gasteiger partial charge in [-0.1, -0.05) is 37.5 Å². The van der Waals surface area contributed by atoms with Gasteiger partial charge in [-0.3, -0.25) is 0 Å². The lowest BCUT2D eigenvalue weighted by Gasteiger charge is -2.17. The summed E-state index contributed by atoms with van der Waals surface area (Å²) in [6.07, 6.45) is 5.75. The molecule has 3 aromatic rings. The Morgan fingerprint density at radius 3 is 2.68 bits per heavy atom. The lowest BCUT2D eigenvalue weighted by molar-refractivity contribution is 0.0748. The Morgan fingerprint density at radius 2 is 1.94 bits per heavy atom. The number of fused-ring (bicyclic) bond motifs is 1. The van der Waals surface area contributed by atoms with E-state index in [9.17, 15) is 10.2 Å². The summed E-state index contributed by atoms with van der Waals surface area (Å²) >= 11 is 0. The molecule has 0 amide bonds. The number of nitrogens with zero attached hydrogens (tertiary/aromatic N) is 4. The molecule has 168 valence electrons. The van der Waals surface area contributed by atoms with Gasteiger partial charge in [0.25, 0.3) is 0 Å². The lowest BCUT2D eigenvalue weighted by Crippen LogP contribution is -2.23. The first-order chi connectivity index (χ1) is 14.8. The van der Waals surface area contributed by atoms with Crippen molar-refractivity contribution >= 4 is 22.9 Å². The Kier molecular flexibility index (Phi) is 7.33. The quantitative estimate of drug-likeness (QED) is 0.340. The SMILES string of the molecule is CCCCCn1cnc2c(NCc3cc(C)ccc3O)nc(NCCC(C)(C)O)nc21. The van der Waals surface area contributed by atoms with E-state index in [-0.39, 0.29) is 5.75 Å². The topological polar surface area (TPSA) is 108 Å². The molecule has 0 atom stereocenters. The standard InChI is InChI=1S/C23H34N6O2/c1-5-6-7-12-29-15-26-19-20(25-14-17-13-16(2)8-9-18(17)30)27-22(28-21(19)29)24-11-10-23(3,4)31/h8-9,13,15,30-31H,5-7,10-12,14H2,1-4H3,(H2,24,25,27,28). The maximum atomic E-state index is 10.2. The first-order valence-corrected chi connectivity index (χ1v) is 11.0. The third-order valence-electron chi connectivity index (χ3n) is 5.17. The number of anilines is 2. The number of aliphatic hydroxyl groups is 1. The van der Waals surface area contributed by atoms with E-state index >= 15 is 0 Å². The number of benzene rings is 1. The average Bonchev–Trinajstić information content (AvgIpc) is 3.11. The summed E-state index contributed by atoms with van der Waals surface area (Å²) in [6.45, 7) is 9.56. The number of aromatic hydroxyl groups is 1. The number of phenols is 1. The second kappa shape index (κ2) is 9.96. The minimum absolute atomic E-state index is 0.247. The van der Waals surface area contributed by atoms with Crippen molar-refractivity contribution in [2.24, 2.45) is 0 Å². The van der Waals surface area contributed by atoms with Crippen LogP contribution in [0.25, 0.3) is 11.2 Å². The predicted octanol–water partition coefficient (Wildman–Crippen LogP) is 4.22. The molecule has 31 heavy (non-hydrogen) atoms. The second-order valence-electron chi connectivity index (χ2n) is 8.69. The minimum atomic E-state index is -0.761. The van der Waals surface area contributed by atoms with Gasteiger partial charge in [-0.15, -0.1) is 0 Å². The van der Waals surface area contributed by atoms with Gasteiger partial charge in [0.1, 0.15) is 5.75 Å². The maximum Gasteiger partial charge on any atom is 0.226 e. The number of hydrogen-bond donors (Lipinski definition) is 4. The molecule has 8 heteroatoms. The summed E-state index contributed by atoms with van der Waals surface area (Å²) in [6, 6.07) is 5.53. The molecule has 1 aromatic carbocycles. The second-order valence-corrected chi connectivity index (χ2v) is 8.69. The van der Waals surface area contributed by atoms with Crippen molar-refractivity contribution in [3.63, 3.8) is 0 Å². The van der Waals surface area contributed by atoms with Gasteiger partial charge in [-0.25, -0.2) is 4.98 Å². The highest BCUT2D eigenvalue weighted by Gasteiger charge is 2.16. The molecule has 0 radical (unpaired) electrons. The first-order valence-electron chi connectivity index (χ1n) is 11.0. The smallest absolute Gasteiger partial charge is 0.226 e. The van der Waals surface area contributed by atoms with Crippen LogP contribution in [0.3, 0.4) is 0 Å². The van der Waals surface area contributed by atoms with Crippen molar-refractivity contribution in [3.8, 4) is 5.75 Å². The van der Waals surface area contributed by atoms with E-state index in [0.717, 1.165) is 42.6 Å². The van der Waals surface area contributed by atoms with Crippen molar-refractivity contribution in [1.29, 1.82) is 0 Å². The molecule has 3 rings (SSSR count). The molecule has 2 heterocycles. The summed E-state index contributed by atoms with van der Waals surface area (Å²) in [5.41, 5.74) is 2.59. The van der Waals surface area contributed by atoms with Crippen molar-refractivity contribution in [3.05, 3.63) is 35.7 Å². The average molecular weight is 427 g/mol. The molecular weight excluding hydrogens is 392 g/mol. The highest BCUT2D eigenvalue weighted by molar-refractivity contribution is 5.84. The van der Waals surface area contributed by atoms with Crippen LogP contribution >= 0.6 is 0 Å². The summed E-state index contributed by atoms with van der Waals surface area (Å²) in [7, 11) is 0. The van der Waals surface area contributed by atoms with Gasteiger partial charge in [-0.05, 0) is 39.7 Å². The Labute approximate surface area is 183 Å². The molecule has 0 spiro atoms. The van der Waals surface area contributed by atoms with Gasteiger partial charge in [0.2, 0.25) is 5.95 Å². The lowest BCUT2D eigenvalue weighted by atomic mass is 10.1. The fraction of sp³-hybridized carbons (Fsp3) is 0.522. The van der Waals surface area contributed by atoms with E-state index in [1.54, 1.807) is 19.9 Å². The van der Waals surface area contributed by atoms with Crippen LogP contribution in [0.1, 0.15) is 57.6 Å². The Hall–Kier alpha value is -2.87. The van der Waals surface area contributed by atoms with Gasteiger partial charge in [0, 0.05) is 25.2 Å². The molecule has 0 saturated carbocycles. The molecule has 2 aromatic heterocycles. The van der Waals surface area contributed by atoms with Crippen LogP contribution in [0.15, 0.2) is 24.5 Å².